The van der Waals surface area contributed by atoms with Crippen LogP contribution in [0.5, 0.6) is 0 Å². The molecule has 2 aromatic rings. The third kappa shape index (κ3) is 3.84. The maximum atomic E-state index is 12.4. The summed E-state index contributed by atoms with van der Waals surface area (Å²) in [6.45, 7) is 1.45. The highest BCUT2D eigenvalue weighted by atomic mass is 35.5. The van der Waals surface area contributed by atoms with Crippen molar-refractivity contribution in [1.29, 1.82) is 0 Å². The van der Waals surface area contributed by atoms with Gasteiger partial charge in [0, 0.05) is 18.3 Å². The Morgan fingerprint density at radius 2 is 1.91 bits per heavy atom. The number of sulfonamides is 1. The molecule has 0 bridgehead atoms. The highest BCUT2D eigenvalue weighted by Gasteiger charge is 2.22. The average Bonchev–Trinajstić information content (AvgIpc) is 2.47. The summed E-state index contributed by atoms with van der Waals surface area (Å²) in [5.41, 5.74) is 0.261. The molecule has 1 N–H and O–H groups in total. The summed E-state index contributed by atoms with van der Waals surface area (Å²) in [6, 6.07) is 5.80. The summed E-state index contributed by atoms with van der Waals surface area (Å²) in [6.07, 6.45) is 1.17. The highest BCUT2D eigenvalue weighted by Crippen LogP contribution is 2.18. The van der Waals surface area contributed by atoms with Crippen molar-refractivity contribution < 1.29 is 18.3 Å². The molecule has 0 saturated carbocycles. The van der Waals surface area contributed by atoms with Gasteiger partial charge in [-0.15, -0.1) is 0 Å². The number of aryl methyl sites for hydroxylation is 1. The van der Waals surface area contributed by atoms with Crippen LogP contribution in [0.2, 0.25) is 5.02 Å². The van der Waals surface area contributed by atoms with Gasteiger partial charge in [0.15, 0.2) is 0 Å². The Balaban J connectivity index is 2.24. The van der Waals surface area contributed by atoms with Crippen LogP contribution < -0.4 is 0 Å². The van der Waals surface area contributed by atoms with Gasteiger partial charge < -0.3 is 5.11 Å². The summed E-state index contributed by atoms with van der Waals surface area (Å²) in [7, 11) is -2.32. The zero-order valence-electron chi connectivity index (χ0n) is 12.4. The van der Waals surface area contributed by atoms with Crippen molar-refractivity contribution in [2.45, 2.75) is 18.4 Å². The number of carbonyl (C=O) groups is 1. The molecule has 122 valence electrons. The van der Waals surface area contributed by atoms with E-state index in [1.54, 1.807) is 0 Å². The van der Waals surface area contributed by atoms with E-state index < -0.39 is 16.0 Å². The number of aromatic nitrogens is 2. The summed E-state index contributed by atoms with van der Waals surface area (Å²) < 4.78 is 26.0. The minimum atomic E-state index is -3.71. The Bertz CT molecular complexity index is 838. The number of rotatable bonds is 5. The van der Waals surface area contributed by atoms with E-state index in [1.807, 2.05) is 0 Å². The normalized spacial score (nSPS) is 11.7. The molecule has 23 heavy (non-hydrogen) atoms. The fourth-order valence-electron chi connectivity index (χ4n) is 1.87. The van der Waals surface area contributed by atoms with Gasteiger partial charge in [0.2, 0.25) is 10.0 Å². The first-order valence-corrected chi connectivity index (χ1v) is 8.31. The lowest BCUT2D eigenvalue weighted by atomic mass is 10.2. The SMILES string of the molecule is Cc1nc(CN(C)S(=O)(=O)c2ccc(Cl)cc2)ncc1C(=O)O. The predicted molar refractivity (Wildman–Crippen MR) is 83.8 cm³/mol. The smallest absolute Gasteiger partial charge is 0.339 e. The predicted octanol–water partition coefficient (Wildman–Crippen LogP) is 1.96. The van der Waals surface area contributed by atoms with Gasteiger partial charge in [-0.05, 0) is 31.2 Å². The van der Waals surface area contributed by atoms with Crippen molar-refractivity contribution in [3.8, 4) is 0 Å². The highest BCUT2D eigenvalue weighted by molar-refractivity contribution is 7.89. The van der Waals surface area contributed by atoms with Gasteiger partial charge in [-0.1, -0.05) is 11.6 Å². The van der Waals surface area contributed by atoms with Crippen molar-refractivity contribution in [3.05, 3.63) is 52.6 Å². The Labute approximate surface area is 138 Å². The first-order valence-electron chi connectivity index (χ1n) is 6.49. The molecule has 9 heteroatoms. The van der Waals surface area contributed by atoms with E-state index in [-0.39, 0.29) is 28.5 Å². The van der Waals surface area contributed by atoms with Gasteiger partial charge in [-0.2, -0.15) is 4.31 Å². The molecule has 0 amide bonds. The lowest BCUT2D eigenvalue weighted by molar-refractivity contribution is 0.0695. The lowest BCUT2D eigenvalue weighted by Gasteiger charge is -2.16. The van der Waals surface area contributed by atoms with E-state index in [9.17, 15) is 13.2 Å². The molecule has 0 spiro atoms. The number of hydrogen-bond acceptors (Lipinski definition) is 5. The van der Waals surface area contributed by atoms with E-state index in [1.165, 1.54) is 44.4 Å². The monoisotopic (exact) mass is 355 g/mol. The van der Waals surface area contributed by atoms with Gasteiger partial charge >= 0.3 is 5.97 Å². The molecule has 1 aromatic heterocycles. The Morgan fingerprint density at radius 3 is 2.43 bits per heavy atom. The van der Waals surface area contributed by atoms with E-state index >= 15 is 0 Å². The van der Waals surface area contributed by atoms with Gasteiger partial charge in [0.05, 0.1) is 22.7 Å². The molecule has 2 rings (SSSR count). The van der Waals surface area contributed by atoms with Crippen molar-refractivity contribution in [1.82, 2.24) is 14.3 Å². The number of hydrogen-bond donors (Lipinski definition) is 1. The Kier molecular flexibility index (Phi) is 4.98. The number of carboxylic acids is 1. The van der Waals surface area contributed by atoms with Crippen molar-refractivity contribution in [2.75, 3.05) is 7.05 Å². The van der Waals surface area contributed by atoms with Gasteiger partial charge in [-0.3, -0.25) is 0 Å². The minimum absolute atomic E-state index is 0.0167. The van der Waals surface area contributed by atoms with Crippen LogP contribution in [0.1, 0.15) is 21.9 Å². The molecule has 7 nitrogen and oxygen atoms in total. The maximum Gasteiger partial charge on any atom is 0.339 e. The van der Waals surface area contributed by atoms with Crippen LogP contribution in [0.15, 0.2) is 35.4 Å². The molecule has 0 aliphatic rings. The van der Waals surface area contributed by atoms with Crippen LogP contribution in [0, 0.1) is 6.92 Å². The quantitative estimate of drug-likeness (QED) is 0.879. The summed E-state index contributed by atoms with van der Waals surface area (Å²) in [5, 5.41) is 9.38. The van der Waals surface area contributed by atoms with Crippen LogP contribution in [0.4, 0.5) is 0 Å². The van der Waals surface area contributed by atoms with E-state index in [4.69, 9.17) is 16.7 Å². The van der Waals surface area contributed by atoms with Gasteiger partial charge in [0.25, 0.3) is 0 Å². The van der Waals surface area contributed by atoms with Crippen molar-refractivity contribution in [2.24, 2.45) is 0 Å². The second kappa shape index (κ2) is 6.61. The van der Waals surface area contributed by atoms with Crippen molar-refractivity contribution in [3.63, 3.8) is 0 Å². The minimum Gasteiger partial charge on any atom is -0.478 e. The molecule has 0 fully saturated rings. The zero-order chi connectivity index (χ0) is 17.2. The molecular formula is C14H14ClN3O4S. The van der Waals surface area contributed by atoms with E-state index in [2.05, 4.69) is 9.97 Å². The second-order valence-corrected chi connectivity index (χ2v) is 7.29. The van der Waals surface area contributed by atoms with Crippen LogP contribution in [0.25, 0.3) is 0 Å². The molecule has 1 aromatic carbocycles. The number of benzene rings is 1. The number of aromatic carboxylic acids is 1. The first-order chi connectivity index (χ1) is 10.7. The summed E-state index contributed by atoms with van der Waals surface area (Å²) >= 11 is 5.75. The standard InChI is InChI=1S/C14H14ClN3O4S/c1-9-12(14(19)20)7-16-13(17-9)8-18(2)23(21,22)11-5-3-10(15)4-6-11/h3-7H,8H2,1-2H3,(H,19,20). The Hall–Kier alpha value is -2.03. The van der Waals surface area contributed by atoms with Crippen molar-refractivity contribution >= 4 is 27.6 Å². The number of carboxylic acid groups (broad SMARTS) is 1. The fraction of sp³-hybridized carbons (Fsp3) is 0.214. The fourth-order valence-corrected chi connectivity index (χ4v) is 3.12. The van der Waals surface area contributed by atoms with Crippen LogP contribution in [-0.2, 0) is 16.6 Å². The molecular weight excluding hydrogens is 342 g/mol. The number of nitrogens with zero attached hydrogens (tertiary/aromatic N) is 3. The van der Waals surface area contributed by atoms with E-state index in [0.717, 1.165) is 4.31 Å². The molecule has 0 saturated heterocycles. The van der Waals surface area contributed by atoms with E-state index in [0.29, 0.717) is 5.02 Å². The molecule has 0 aliphatic heterocycles. The third-order valence-electron chi connectivity index (χ3n) is 3.15. The molecule has 0 atom stereocenters. The molecule has 0 unspecified atom stereocenters. The zero-order valence-corrected chi connectivity index (χ0v) is 14.0. The third-order valence-corrected chi connectivity index (χ3v) is 5.22. The molecule has 1 heterocycles. The maximum absolute atomic E-state index is 12.4. The van der Waals surface area contributed by atoms with Gasteiger partial charge in [0.1, 0.15) is 5.82 Å². The van der Waals surface area contributed by atoms with Crippen LogP contribution >= 0.6 is 11.6 Å². The second-order valence-electron chi connectivity index (χ2n) is 4.81. The number of halogens is 1. The van der Waals surface area contributed by atoms with Crippen LogP contribution in [0.3, 0.4) is 0 Å². The topological polar surface area (TPSA) is 100 Å². The molecule has 0 aliphatic carbocycles. The lowest BCUT2D eigenvalue weighted by Crippen LogP contribution is -2.27. The summed E-state index contributed by atoms with van der Waals surface area (Å²) in [4.78, 5) is 19.0. The van der Waals surface area contributed by atoms with Gasteiger partial charge in [-0.25, -0.2) is 23.2 Å². The van der Waals surface area contributed by atoms with Crippen LogP contribution in [-0.4, -0.2) is 40.8 Å². The average molecular weight is 356 g/mol. The Morgan fingerprint density at radius 1 is 1.30 bits per heavy atom. The summed E-state index contributed by atoms with van der Waals surface area (Å²) in [5.74, 6) is -0.913. The first kappa shape index (κ1) is 17.3. The molecule has 0 radical (unpaired) electrons. The largest absolute Gasteiger partial charge is 0.478 e.